The lowest BCUT2D eigenvalue weighted by Gasteiger charge is -2.17. The van der Waals surface area contributed by atoms with E-state index in [2.05, 4.69) is 0 Å². The van der Waals surface area contributed by atoms with Crippen molar-refractivity contribution in [2.45, 2.75) is 13.8 Å². The van der Waals surface area contributed by atoms with Gasteiger partial charge in [-0.15, -0.1) is 0 Å². The summed E-state index contributed by atoms with van der Waals surface area (Å²) in [6.07, 6.45) is 1.30. The number of rotatable bonds is 4. The Morgan fingerprint density at radius 3 is 2.24 bits per heavy atom. The summed E-state index contributed by atoms with van der Waals surface area (Å²) in [6, 6.07) is 1.46. The van der Waals surface area contributed by atoms with E-state index in [1.807, 2.05) is 0 Å². The number of hydrogen-bond acceptors (Lipinski definition) is 5. The molecule has 0 bridgehead atoms. The number of carbonyl (C=O) groups excluding carboxylic acids is 2. The standard InChI is InChI=1S/C12H12O5/c1-3-15-11-8(13)7-5-6-17-10(7)9(14)12(11)16-4-2/h5-6H,3-4H2,1-2H3. The van der Waals surface area contributed by atoms with Gasteiger partial charge in [-0.2, -0.15) is 0 Å². The third-order valence-electron chi connectivity index (χ3n) is 2.31. The minimum Gasteiger partial charge on any atom is -0.486 e. The van der Waals surface area contributed by atoms with E-state index >= 15 is 0 Å². The van der Waals surface area contributed by atoms with Crippen molar-refractivity contribution in [1.82, 2.24) is 0 Å². The SMILES string of the molecule is CCOC1=C(OCC)C(=O)c2occc2C1=O. The molecule has 5 heteroatoms. The molecule has 1 aliphatic carbocycles. The molecule has 0 saturated heterocycles. The highest BCUT2D eigenvalue weighted by molar-refractivity contribution is 6.24. The molecular formula is C12H12O5. The van der Waals surface area contributed by atoms with Crippen molar-refractivity contribution in [1.29, 1.82) is 0 Å². The summed E-state index contributed by atoms with van der Waals surface area (Å²) in [5.74, 6) is -0.912. The average molecular weight is 236 g/mol. The molecule has 1 heterocycles. The number of ether oxygens (including phenoxy) is 2. The largest absolute Gasteiger partial charge is 0.486 e. The fraction of sp³-hybridized carbons (Fsp3) is 0.333. The second-order valence-corrected chi connectivity index (χ2v) is 3.35. The minimum absolute atomic E-state index is 0.0157. The molecule has 0 spiro atoms. The Labute approximate surface area is 98.0 Å². The van der Waals surface area contributed by atoms with Crippen LogP contribution >= 0.6 is 0 Å². The second-order valence-electron chi connectivity index (χ2n) is 3.35. The average Bonchev–Trinajstić information content (AvgIpc) is 2.80. The Morgan fingerprint density at radius 1 is 1.06 bits per heavy atom. The number of ketones is 2. The molecule has 0 aromatic carbocycles. The van der Waals surface area contributed by atoms with Gasteiger partial charge in [0.1, 0.15) is 0 Å². The van der Waals surface area contributed by atoms with Gasteiger partial charge in [-0.05, 0) is 19.9 Å². The van der Waals surface area contributed by atoms with Crippen molar-refractivity contribution in [3.8, 4) is 0 Å². The van der Waals surface area contributed by atoms with Gasteiger partial charge in [-0.25, -0.2) is 0 Å². The first-order valence-corrected chi connectivity index (χ1v) is 5.37. The molecule has 0 fully saturated rings. The van der Waals surface area contributed by atoms with Crippen molar-refractivity contribution in [2.75, 3.05) is 13.2 Å². The van der Waals surface area contributed by atoms with E-state index in [0.29, 0.717) is 0 Å². The zero-order valence-electron chi connectivity index (χ0n) is 9.61. The van der Waals surface area contributed by atoms with Crippen LogP contribution in [0.15, 0.2) is 28.3 Å². The summed E-state index contributed by atoms with van der Waals surface area (Å²) in [4.78, 5) is 24.0. The topological polar surface area (TPSA) is 65.7 Å². The normalized spacial score (nSPS) is 14.9. The molecule has 0 saturated carbocycles. The summed E-state index contributed by atoms with van der Waals surface area (Å²) in [5, 5.41) is 0. The van der Waals surface area contributed by atoms with Crippen LogP contribution in [-0.4, -0.2) is 24.8 Å². The molecule has 1 aromatic rings. The molecule has 0 aliphatic heterocycles. The van der Waals surface area contributed by atoms with E-state index in [-0.39, 0.29) is 41.8 Å². The predicted octanol–water partition coefficient (Wildman–Crippen LogP) is 1.94. The van der Waals surface area contributed by atoms with Crippen LogP contribution in [0.1, 0.15) is 34.8 Å². The van der Waals surface area contributed by atoms with Crippen LogP contribution < -0.4 is 0 Å². The summed E-state index contributed by atoms with van der Waals surface area (Å²) in [7, 11) is 0. The third-order valence-corrected chi connectivity index (χ3v) is 2.31. The van der Waals surface area contributed by atoms with Gasteiger partial charge in [0.2, 0.25) is 17.3 Å². The monoisotopic (exact) mass is 236 g/mol. The van der Waals surface area contributed by atoms with E-state index in [1.54, 1.807) is 13.8 Å². The molecule has 0 radical (unpaired) electrons. The van der Waals surface area contributed by atoms with E-state index in [1.165, 1.54) is 12.3 Å². The first-order valence-electron chi connectivity index (χ1n) is 5.37. The minimum atomic E-state index is -0.449. The zero-order valence-corrected chi connectivity index (χ0v) is 9.61. The van der Waals surface area contributed by atoms with Crippen LogP contribution in [0.5, 0.6) is 0 Å². The van der Waals surface area contributed by atoms with Crippen molar-refractivity contribution < 1.29 is 23.5 Å². The van der Waals surface area contributed by atoms with Gasteiger partial charge in [0, 0.05) is 0 Å². The summed E-state index contributed by atoms with van der Waals surface area (Å²) < 4.78 is 15.4. The first kappa shape index (κ1) is 11.4. The molecule has 17 heavy (non-hydrogen) atoms. The van der Waals surface area contributed by atoms with Gasteiger partial charge in [0.25, 0.3) is 5.78 Å². The third kappa shape index (κ3) is 1.73. The van der Waals surface area contributed by atoms with Gasteiger partial charge >= 0.3 is 0 Å². The number of Topliss-reactive ketones (excluding diaryl/α,β-unsaturated/α-hetero) is 2. The highest BCUT2D eigenvalue weighted by Crippen LogP contribution is 2.28. The smallest absolute Gasteiger partial charge is 0.267 e. The molecule has 0 atom stereocenters. The molecule has 0 N–H and O–H groups in total. The fourth-order valence-electron chi connectivity index (χ4n) is 1.65. The number of allylic oxidation sites excluding steroid dienone is 2. The molecule has 5 nitrogen and oxygen atoms in total. The number of hydrogen-bond donors (Lipinski definition) is 0. The first-order chi connectivity index (χ1) is 8.20. The zero-order chi connectivity index (χ0) is 12.4. The van der Waals surface area contributed by atoms with Crippen LogP contribution in [0.4, 0.5) is 0 Å². The highest BCUT2D eigenvalue weighted by atomic mass is 16.5. The number of carbonyl (C=O) groups is 2. The Bertz CT molecular complexity index is 452. The van der Waals surface area contributed by atoms with Gasteiger partial charge in [0.05, 0.1) is 25.0 Å². The summed E-state index contributed by atoms with van der Waals surface area (Å²) >= 11 is 0. The van der Waals surface area contributed by atoms with Crippen LogP contribution in [-0.2, 0) is 9.47 Å². The van der Waals surface area contributed by atoms with E-state index in [0.717, 1.165) is 0 Å². The molecule has 0 amide bonds. The molecular weight excluding hydrogens is 224 g/mol. The number of furan rings is 1. The maximum Gasteiger partial charge on any atom is 0.267 e. The van der Waals surface area contributed by atoms with E-state index < -0.39 is 5.78 Å². The molecule has 0 unspecified atom stereocenters. The Balaban J connectivity index is 2.51. The van der Waals surface area contributed by atoms with Crippen LogP contribution in [0.25, 0.3) is 0 Å². The maximum absolute atomic E-state index is 12.0. The van der Waals surface area contributed by atoms with Crippen molar-refractivity contribution in [3.05, 3.63) is 35.2 Å². The Morgan fingerprint density at radius 2 is 1.65 bits per heavy atom. The van der Waals surface area contributed by atoms with Gasteiger partial charge in [0.15, 0.2) is 5.76 Å². The van der Waals surface area contributed by atoms with Crippen LogP contribution in [0, 0.1) is 0 Å². The lowest BCUT2D eigenvalue weighted by molar-refractivity contribution is 0.0752. The Hall–Kier alpha value is -2.04. The summed E-state index contributed by atoms with van der Waals surface area (Å²) in [5.41, 5.74) is 0.224. The summed E-state index contributed by atoms with van der Waals surface area (Å²) in [6.45, 7) is 4.03. The van der Waals surface area contributed by atoms with Gasteiger partial charge < -0.3 is 13.9 Å². The van der Waals surface area contributed by atoms with Crippen molar-refractivity contribution >= 4 is 11.6 Å². The molecule has 1 aromatic heterocycles. The van der Waals surface area contributed by atoms with E-state index in [4.69, 9.17) is 13.9 Å². The van der Waals surface area contributed by atoms with Crippen LogP contribution in [0.3, 0.4) is 0 Å². The van der Waals surface area contributed by atoms with E-state index in [9.17, 15) is 9.59 Å². The van der Waals surface area contributed by atoms with Gasteiger partial charge in [-0.1, -0.05) is 0 Å². The van der Waals surface area contributed by atoms with Crippen molar-refractivity contribution in [3.63, 3.8) is 0 Å². The second kappa shape index (κ2) is 4.45. The highest BCUT2D eigenvalue weighted by Gasteiger charge is 2.37. The molecule has 2 rings (SSSR count). The van der Waals surface area contributed by atoms with Gasteiger partial charge in [-0.3, -0.25) is 9.59 Å². The maximum atomic E-state index is 12.0. The quantitative estimate of drug-likeness (QED) is 0.799. The number of fused-ring (bicyclic) bond motifs is 1. The fourth-order valence-corrected chi connectivity index (χ4v) is 1.65. The lowest BCUT2D eigenvalue weighted by atomic mass is 9.99. The predicted molar refractivity (Wildman–Crippen MR) is 57.6 cm³/mol. The molecule has 90 valence electrons. The van der Waals surface area contributed by atoms with Crippen molar-refractivity contribution in [2.24, 2.45) is 0 Å². The lowest BCUT2D eigenvalue weighted by Crippen LogP contribution is -2.24. The molecule has 1 aliphatic rings. The Kier molecular flexibility index (Phi) is 2.99. The van der Waals surface area contributed by atoms with Crippen LogP contribution in [0.2, 0.25) is 0 Å².